The van der Waals surface area contributed by atoms with Crippen molar-refractivity contribution < 1.29 is 5.11 Å². The highest BCUT2D eigenvalue weighted by Crippen LogP contribution is 2.26. The lowest BCUT2D eigenvalue weighted by Crippen LogP contribution is -2.19. The predicted octanol–water partition coefficient (Wildman–Crippen LogP) is 2.29. The molecule has 0 radical (unpaired) electrons. The molecule has 0 aliphatic carbocycles. The van der Waals surface area contributed by atoms with E-state index < -0.39 is 0 Å². The maximum atomic E-state index is 9.51. The molecule has 0 atom stereocenters. The van der Waals surface area contributed by atoms with E-state index >= 15 is 0 Å². The van der Waals surface area contributed by atoms with Crippen LogP contribution in [0.15, 0.2) is 30.5 Å². The molecule has 1 aromatic heterocycles. The van der Waals surface area contributed by atoms with Crippen LogP contribution in [0.25, 0.3) is 10.8 Å². The molecule has 86 valence electrons. The Morgan fingerprint density at radius 3 is 3.00 bits per heavy atom. The van der Waals surface area contributed by atoms with Gasteiger partial charge in [0.15, 0.2) is 0 Å². The third-order valence-electron chi connectivity index (χ3n) is 2.65. The minimum atomic E-state index is 0.223. The van der Waals surface area contributed by atoms with Crippen LogP contribution >= 0.6 is 0 Å². The summed E-state index contributed by atoms with van der Waals surface area (Å²) >= 11 is 0. The van der Waals surface area contributed by atoms with Gasteiger partial charge < -0.3 is 10.0 Å². The highest BCUT2D eigenvalue weighted by atomic mass is 16.3. The fraction of sp³-hybridized carbons (Fsp3) is 0.231. The molecule has 0 saturated heterocycles. The summed E-state index contributed by atoms with van der Waals surface area (Å²) in [5.74, 6) is 1.01. The summed E-state index contributed by atoms with van der Waals surface area (Å²) in [5, 5.41) is 20.0. The van der Waals surface area contributed by atoms with Crippen molar-refractivity contribution in [3.8, 4) is 11.8 Å². The van der Waals surface area contributed by atoms with Crippen molar-refractivity contribution in [2.75, 3.05) is 18.5 Å². The number of aromatic nitrogens is 1. The molecule has 4 heteroatoms. The molecule has 17 heavy (non-hydrogen) atoms. The van der Waals surface area contributed by atoms with Gasteiger partial charge in [-0.1, -0.05) is 6.07 Å². The maximum Gasteiger partial charge on any atom is 0.136 e. The Morgan fingerprint density at radius 2 is 2.24 bits per heavy atom. The van der Waals surface area contributed by atoms with E-state index in [4.69, 9.17) is 5.26 Å². The van der Waals surface area contributed by atoms with Crippen molar-refractivity contribution in [2.24, 2.45) is 0 Å². The molecule has 1 aromatic carbocycles. The van der Waals surface area contributed by atoms with Crippen LogP contribution in [0.4, 0.5) is 5.82 Å². The van der Waals surface area contributed by atoms with Gasteiger partial charge in [-0.3, -0.25) is 0 Å². The third kappa shape index (κ3) is 2.28. The number of aromatic hydroxyl groups is 1. The van der Waals surface area contributed by atoms with Crippen LogP contribution in [0.2, 0.25) is 0 Å². The number of nitrogens with zero attached hydrogens (tertiary/aromatic N) is 3. The van der Waals surface area contributed by atoms with Crippen LogP contribution in [0.3, 0.4) is 0 Å². The monoisotopic (exact) mass is 227 g/mol. The quantitative estimate of drug-likeness (QED) is 0.873. The highest BCUT2D eigenvalue weighted by Gasteiger charge is 2.07. The normalized spacial score (nSPS) is 10.1. The number of anilines is 1. The summed E-state index contributed by atoms with van der Waals surface area (Å²) in [6, 6.07) is 9.21. The Balaban J connectivity index is 2.46. The second kappa shape index (κ2) is 4.71. The Kier molecular flexibility index (Phi) is 3.10. The van der Waals surface area contributed by atoms with E-state index in [1.54, 1.807) is 18.3 Å². The lowest BCUT2D eigenvalue weighted by Gasteiger charge is -2.18. The molecule has 0 unspecified atom stereocenters. The lowest BCUT2D eigenvalue weighted by atomic mass is 10.1. The number of phenols is 1. The summed E-state index contributed by atoms with van der Waals surface area (Å²) < 4.78 is 0. The molecule has 0 aliphatic rings. The molecule has 4 nitrogen and oxygen atoms in total. The minimum absolute atomic E-state index is 0.223. The van der Waals surface area contributed by atoms with Crippen molar-refractivity contribution >= 4 is 16.6 Å². The van der Waals surface area contributed by atoms with Crippen molar-refractivity contribution in [1.82, 2.24) is 4.98 Å². The van der Waals surface area contributed by atoms with Crippen molar-refractivity contribution in [2.45, 2.75) is 6.42 Å². The first-order valence-electron chi connectivity index (χ1n) is 5.38. The van der Waals surface area contributed by atoms with Crippen LogP contribution in [0.5, 0.6) is 5.75 Å². The van der Waals surface area contributed by atoms with Crippen LogP contribution < -0.4 is 4.90 Å². The topological polar surface area (TPSA) is 60.2 Å². The molecule has 1 N–H and O–H groups in total. The van der Waals surface area contributed by atoms with Gasteiger partial charge in [-0.25, -0.2) is 4.98 Å². The summed E-state index contributed by atoms with van der Waals surface area (Å²) in [7, 11) is 1.89. The molecule has 0 bridgehead atoms. The van der Waals surface area contributed by atoms with Gasteiger partial charge in [0.1, 0.15) is 11.6 Å². The number of fused-ring (bicyclic) bond motifs is 1. The minimum Gasteiger partial charge on any atom is -0.508 e. The van der Waals surface area contributed by atoms with Gasteiger partial charge in [0.2, 0.25) is 0 Å². The van der Waals surface area contributed by atoms with Gasteiger partial charge in [-0.05, 0) is 23.6 Å². The number of nitriles is 1. The first kappa shape index (κ1) is 11.2. The van der Waals surface area contributed by atoms with E-state index in [1.807, 2.05) is 24.1 Å². The number of hydrogen-bond donors (Lipinski definition) is 1. The summed E-state index contributed by atoms with van der Waals surface area (Å²) in [6.07, 6.45) is 2.19. The lowest BCUT2D eigenvalue weighted by molar-refractivity contribution is 0.476. The zero-order chi connectivity index (χ0) is 12.3. The van der Waals surface area contributed by atoms with Crippen molar-refractivity contribution in [1.29, 1.82) is 5.26 Å². The van der Waals surface area contributed by atoms with Gasteiger partial charge in [-0.2, -0.15) is 5.26 Å². The molecule has 2 aromatic rings. The first-order chi connectivity index (χ1) is 8.22. The first-order valence-corrected chi connectivity index (χ1v) is 5.38. The average molecular weight is 227 g/mol. The van der Waals surface area contributed by atoms with Crippen molar-refractivity contribution in [3.05, 3.63) is 30.5 Å². The second-order valence-corrected chi connectivity index (χ2v) is 3.87. The van der Waals surface area contributed by atoms with Crippen molar-refractivity contribution in [3.63, 3.8) is 0 Å². The zero-order valence-electron chi connectivity index (χ0n) is 9.59. The number of hydrogen-bond acceptors (Lipinski definition) is 4. The number of phenolic OH excluding ortho intramolecular Hbond substituents is 1. The van der Waals surface area contributed by atoms with Gasteiger partial charge in [0.25, 0.3) is 0 Å². The standard InChI is InChI=1S/C13H13N3O/c1-16(8-2-6-14)13-12-9-11(17)4-3-10(12)5-7-15-13/h3-5,7,9,17H,2,8H2,1H3. The fourth-order valence-electron chi connectivity index (χ4n) is 1.77. The molecule has 0 amide bonds. The fourth-order valence-corrected chi connectivity index (χ4v) is 1.77. The number of benzene rings is 1. The largest absolute Gasteiger partial charge is 0.508 e. The van der Waals surface area contributed by atoms with Crippen LogP contribution in [0, 0.1) is 11.3 Å². The number of rotatable bonds is 3. The SMILES string of the molecule is CN(CCC#N)c1nccc2ccc(O)cc12. The zero-order valence-corrected chi connectivity index (χ0v) is 9.59. The molecular weight excluding hydrogens is 214 g/mol. The maximum absolute atomic E-state index is 9.51. The van der Waals surface area contributed by atoms with E-state index in [2.05, 4.69) is 11.1 Å². The molecule has 0 aliphatic heterocycles. The smallest absolute Gasteiger partial charge is 0.136 e. The predicted molar refractivity (Wildman–Crippen MR) is 66.9 cm³/mol. The van der Waals surface area contributed by atoms with E-state index in [-0.39, 0.29) is 5.75 Å². The summed E-state index contributed by atoms with van der Waals surface area (Å²) in [6.45, 7) is 0.623. The Bertz CT molecular complexity index is 574. The molecule has 0 spiro atoms. The van der Waals surface area contributed by atoms with Gasteiger partial charge in [-0.15, -0.1) is 0 Å². The third-order valence-corrected chi connectivity index (χ3v) is 2.65. The van der Waals surface area contributed by atoms with E-state index in [0.717, 1.165) is 16.6 Å². The molecule has 2 rings (SSSR count). The Labute approximate surface area is 99.7 Å². The molecule has 0 fully saturated rings. The molecule has 0 saturated carbocycles. The summed E-state index contributed by atoms with van der Waals surface area (Å²) in [4.78, 5) is 6.23. The van der Waals surface area contributed by atoms with E-state index in [0.29, 0.717) is 13.0 Å². The van der Waals surface area contributed by atoms with Crippen LogP contribution in [-0.2, 0) is 0 Å². The van der Waals surface area contributed by atoms with E-state index in [9.17, 15) is 5.11 Å². The average Bonchev–Trinajstić information content (AvgIpc) is 2.35. The van der Waals surface area contributed by atoms with Gasteiger partial charge in [0, 0.05) is 25.2 Å². The van der Waals surface area contributed by atoms with Crippen LogP contribution in [-0.4, -0.2) is 23.7 Å². The van der Waals surface area contributed by atoms with Crippen LogP contribution in [0.1, 0.15) is 6.42 Å². The van der Waals surface area contributed by atoms with Gasteiger partial charge in [0.05, 0.1) is 12.5 Å². The number of pyridine rings is 1. The molecular formula is C13H13N3O. The second-order valence-electron chi connectivity index (χ2n) is 3.87. The van der Waals surface area contributed by atoms with Gasteiger partial charge >= 0.3 is 0 Å². The Morgan fingerprint density at radius 1 is 1.41 bits per heavy atom. The molecule has 1 heterocycles. The highest BCUT2D eigenvalue weighted by molar-refractivity contribution is 5.93. The summed E-state index contributed by atoms with van der Waals surface area (Å²) in [5.41, 5.74) is 0. The van der Waals surface area contributed by atoms with E-state index in [1.165, 1.54) is 0 Å². The Hall–Kier alpha value is -2.28.